The SMILES string of the molecule is COc1ccc(CNC2CC2)c(OCCC(C)(C)OC)c1. The smallest absolute Gasteiger partial charge is 0.127 e. The van der Waals surface area contributed by atoms with Gasteiger partial charge in [-0.15, -0.1) is 0 Å². The number of benzene rings is 1. The molecule has 0 amide bonds. The number of methoxy groups -OCH3 is 2. The van der Waals surface area contributed by atoms with Crippen LogP contribution in [0.4, 0.5) is 0 Å². The Bertz CT molecular complexity index is 455. The molecule has 0 aromatic heterocycles. The van der Waals surface area contributed by atoms with Crippen molar-refractivity contribution in [3.8, 4) is 11.5 Å². The molecule has 1 aromatic carbocycles. The summed E-state index contributed by atoms with van der Waals surface area (Å²) in [7, 11) is 3.41. The molecule has 0 aliphatic heterocycles. The van der Waals surface area contributed by atoms with Gasteiger partial charge < -0.3 is 19.5 Å². The van der Waals surface area contributed by atoms with E-state index in [-0.39, 0.29) is 5.60 Å². The molecule has 0 heterocycles. The van der Waals surface area contributed by atoms with E-state index in [4.69, 9.17) is 14.2 Å². The van der Waals surface area contributed by atoms with Gasteiger partial charge in [-0.2, -0.15) is 0 Å². The van der Waals surface area contributed by atoms with Crippen molar-refractivity contribution < 1.29 is 14.2 Å². The molecular formula is C17H27NO3. The van der Waals surface area contributed by atoms with E-state index in [1.54, 1.807) is 14.2 Å². The molecule has 1 aliphatic carbocycles. The third-order valence-corrected chi connectivity index (χ3v) is 3.95. The fraction of sp³-hybridized carbons (Fsp3) is 0.647. The second-order valence-corrected chi connectivity index (χ2v) is 6.19. The molecule has 21 heavy (non-hydrogen) atoms. The number of hydrogen-bond donors (Lipinski definition) is 1. The normalized spacial score (nSPS) is 15.0. The van der Waals surface area contributed by atoms with Crippen LogP contribution in [0.15, 0.2) is 18.2 Å². The van der Waals surface area contributed by atoms with Crippen LogP contribution in [0, 0.1) is 0 Å². The van der Waals surface area contributed by atoms with Gasteiger partial charge in [0, 0.05) is 37.7 Å². The summed E-state index contributed by atoms with van der Waals surface area (Å²) in [4.78, 5) is 0. The predicted octanol–water partition coefficient (Wildman–Crippen LogP) is 3.14. The Balaban J connectivity index is 1.96. The third-order valence-electron chi connectivity index (χ3n) is 3.95. The molecule has 118 valence electrons. The van der Waals surface area contributed by atoms with Crippen LogP contribution < -0.4 is 14.8 Å². The Kier molecular flexibility index (Phi) is 5.48. The maximum atomic E-state index is 5.97. The monoisotopic (exact) mass is 293 g/mol. The first-order valence-electron chi connectivity index (χ1n) is 7.62. The quantitative estimate of drug-likeness (QED) is 0.759. The van der Waals surface area contributed by atoms with Crippen molar-refractivity contribution in [2.24, 2.45) is 0 Å². The van der Waals surface area contributed by atoms with E-state index >= 15 is 0 Å². The number of rotatable bonds is 9. The lowest BCUT2D eigenvalue weighted by Gasteiger charge is -2.23. The highest BCUT2D eigenvalue weighted by Crippen LogP contribution is 2.27. The summed E-state index contributed by atoms with van der Waals surface area (Å²) in [5.41, 5.74) is 1.02. The maximum Gasteiger partial charge on any atom is 0.127 e. The molecule has 0 bridgehead atoms. The molecule has 4 nitrogen and oxygen atoms in total. The van der Waals surface area contributed by atoms with E-state index in [1.165, 1.54) is 18.4 Å². The van der Waals surface area contributed by atoms with E-state index in [2.05, 4.69) is 25.2 Å². The van der Waals surface area contributed by atoms with Gasteiger partial charge in [0.25, 0.3) is 0 Å². The standard InChI is InChI=1S/C17H27NO3/c1-17(2,20-4)9-10-21-16-11-15(19-3)8-5-13(16)12-18-14-6-7-14/h5,8,11,14,18H,6-7,9-10,12H2,1-4H3. The molecular weight excluding hydrogens is 266 g/mol. The summed E-state index contributed by atoms with van der Waals surface area (Å²) in [5.74, 6) is 1.72. The largest absolute Gasteiger partial charge is 0.497 e. The van der Waals surface area contributed by atoms with Crippen molar-refractivity contribution in [2.75, 3.05) is 20.8 Å². The first-order chi connectivity index (χ1) is 10.0. The van der Waals surface area contributed by atoms with Crippen LogP contribution >= 0.6 is 0 Å². The van der Waals surface area contributed by atoms with Crippen LogP contribution in [-0.2, 0) is 11.3 Å². The second kappa shape index (κ2) is 7.14. The Morgan fingerprint density at radius 2 is 2.00 bits per heavy atom. The van der Waals surface area contributed by atoms with Crippen LogP contribution in [0.5, 0.6) is 11.5 Å². The van der Waals surface area contributed by atoms with Gasteiger partial charge in [-0.05, 0) is 32.8 Å². The summed E-state index contributed by atoms with van der Waals surface area (Å²) in [6.45, 7) is 5.61. The molecule has 1 fully saturated rings. The van der Waals surface area contributed by atoms with Gasteiger partial charge in [0.1, 0.15) is 11.5 Å². The van der Waals surface area contributed by atoms with Crippen molar-refractivity contribution in [1.29, 1.82) is 0 Å². The van der Waals surface area contributed by atoms with Crippen molar-refractivity contribution in [1.82, 2.24) is 5.32 Å². The maximum absolute atomic E-state index is 5.97. The first kappa shape index (κ1) is 16.1. The van der Waals surface area contributed by atoms with Crippen molar-refractivity contribution in [3.63, 3.8) is 0 Å². The Hall–Kier alpha value is -1.26. The van der Waals surface area contributed by atoms with E-state index < -0.39 is 0 Å². The van der Waals surface area contributed by atoms with Gasteiger partial charge in [0.15, 0.2) is 0 Å². The lowest BCUT2D eigenvalue weighted by Crippen LogP contribution is -2.25. The molecule has 1 saturated carbocycles. The summed E-state index contributed by atoms with van der Waals surface area (Å²) >= 11 is 0. The van der Waals surface area contributed by atoms with E-state index in [1.807, 2.05) is 12.1 Å². The highest BCUT2D eigenvalue weighted by Gasteiger charge is 2.21. The van der Waals surface area contributed by atoms with Crippen LogP contribution in [0.1, 0.15) is 38.7 Å². The van der Waals surface area contributed by atoms with Gasteiger partial charge in [0.05, 0.1) is 19.3 Å². The molecule has 0 saturated heterocycles. The molecule has 0 atom stereocenters. The minimum Gasteiger partial charge on any atom is -0.497 e. The van der Waals surface area contributed by atoms with Crippen LogP contribution in [0.25, 0.3) is 0 Å². The third kappa shape index (κ3) is 5.21. The van der Waals surface area contributed by atoms with Crippen molar-refractivity contribution in [3.05, 3.63) is 23.8 Å². The minimum atomic E-state index is -0.161. The van der Waals surface area contributed by atoms with Gasteiger partial charge >= 0.3 is 0 Å². The van der Waals surface area contributed by atoms with Gasteiger partial charge in [-0.3, -0.25) is 0 Å². The van der Waals surface area contributed by atoms with Crippen LogP contribution in [0.2, 0.25) is 0 Å². The first-order valence-corrected chi connectivity index (χ1v) is 7.62. The topological polar surface area (TPSA) is 39.7 Å². The zero-order chi connectivity index (χ0) is 15.3. The summed E-state index contributed by atoms with van der Waals surface area (Å²) in [6.07, 6.45) is 3.42. The van der Waals surface area contributed by atoms with Crippen molar-refractivity contribution in [2.45, 2.75) is 51.3 Å². The van der Waals surface area contributed by atoms with Crippen LogP contribution in [-0.4, -0.2) is 32.5 Å². The summed E-state index contributed by atoms with van der Waals surface area (Å²) in [6, 6.07) is 6.71. The Labute approximate surface area is 127 Å². The lowest BCUT2D eigenvalue weighted by atomic mass is 10.1. The highest BCUT2D eigenvalue weighted by molar-refractivity contribution is 5.40. The molecule has 1 N–H and O–H groups in total. The molecule has 2 rings (SSSR count). The molecule has 0 radical (unpaired) electrons. The lowest BCUT2D eigenvalue weighted by molar-refractivity contribution is 0.00536. The zero-order valence-electron chi connectivity index (χ0n) is 13.6. The average molecular weight is 293 g/mol. The molecule has 1 aromatic rings. The van der Waals surface area contributed by atoms with E-state index in [0.29, 0.717) is 12.6 Å². The number of nitrogens with one attached hydrogen (secondary N) is 1. The predicted molar refractivity (Wildman–Crippen MR) is 84.1 cm³/mol. The molecule has 0 unspecified atom stereocenters. The van der Waals surface area contributed by atoms with Crippen molar-refractivity contribution >= 4 is 0 Å². The van der Waals surface area contributed by atoms with E-state index in [0.717, 1.165) is 24.5 Å². The summed E-state index contributed by atoms with van der Waals surface area (Å²) < 4.78 is 16.7. The van der Waals surface area contributed by atoms with Gasteiger partial charge in [-0.25, -0.2) is 0 Å². The fourth-order valence-corrected chi connectivity index (χ4v) is 1.99. The fourth-order valence-electron chi connectivity index (χ4n) is 1.99. The molecule has 4 heteroatoms. The average Bonchev–Trinajstić information content (AvgIpc) is 3.30. The van der Waals surface area contributed by atoms with Gasteiger partial charge in [-0.1, -0.05) is 6.07 Å². The zero-order valence-corrected chi connectivity index (χ0v) is 13.6. The molecule has 1 aliphatic rings. The highest BCUT2D eigenvalue weighted by atomic mass is 16.5. The number of hydrogen-bond acceptors (Lipinski definition) is 4. The second-order valence-electron chi connectivity index (χ2n) is 6.19. The minimum absolute atomic E-state index is 0.161. The number of ether oxygens (including phenoxy) is 3. The molecule has 0 spiro atoms. The Morgan fingerprint density at radius 3 is 2.62 bits per heavy atom. The van der Waals surface area contributed by atoms with Gasteiger partial charge in [0.2, 0.25) is 0 Å². The van der Waals surface area contributed by atoms with E-state index in [9.17, 15) is 0 Å². The summed E-state index contributed by atoms with van der Waals surface area (Å²) in [5, 5.41) is 3.52. The van der Waals surface area contributed by atoms with Crippen LogP contribution in [0.3, 0.4) is 0 Å². The Morgan fingerprint density at radius 1 is 1.24 bits per heavy atom.